The fraction of sp³-hybridized carbons (Fsp3) is 0.231. The second-order valence-electron chi connectivity index (χ2n) is 4.38. The van der Waals surface area contributed by atoms with Crippen molar-refractivity contribution in [2.75, 3.05) is 10.7 Å². The smallest absolute Gasteiger partial charge is 0.366 e. The lowest BCUT2D eigenvalue weighted by Crippen LogP contribution is -2.11. The van der Waals surface area contributed by atoms with Crippen LogP contribution in [0.2, 0.25) is 0 Å². The van der Waals surface area contributed by atoms with Crippen molar-refractivity contribution in [1.29, 1.82) is 0 Å². The molecule has 0 aliphatic carbocycles. The van der Waals surface area contributed by atoms with Crippen LogP contribution in [0.1, 0.15) is 17.0 Å². The number of nitrogens with one attached hydrogen (secondary N) is 2. The average molecular weight is 297 g/mol. The largest absolute Gasteiger partial charge is 0.416 e. The van der Waals surface area contributed by atoms with E-state index in [2.05, 4.69) is 20.7 Å². The molecule has 2 rings (SSSR count). The molecule has 1 heterocycles. The highest BCUT2D eigenvalue weighted by Crippen LogP contribution is 2.29. The molecule has 0 bridgehead atoms. The third kappa shape index (κ3) is 4.06. The minimum Gasteiger partial charge on any atom is -0.366 e. The number of hydrogen-bond acceptors (Lipinski definition) is 5. The minimum atomic E-state index is -4.32. The molecule has 0 aliphatic rings. The van der Waals surface area contributed by atoms with Gasteiger partial charge in [0.15, 0.2) is 0 Å². The number of rotatable bonds is 4. The Morgan fingerprint density at radius 1 is 1.10 bits per heavy atom. The number of aryl methyl sites for hydroxylation is 1. The van der Waals surface area contributed by atoms with Gasteiger partial charge in [0, 0.05) is 12.6 Å². The molecule has 21 heavy (non-hydrogen) atoms. The first kappa shape index (κ1) is 15.0. The number of benzene rings is 1. The molecule has 0 saturated carbocycles. The zero-order chi connectivity index (χ0) is 15.5. The normalized spacial score (nSPS) is 11.3. The van der Waals surface area contributed by atoms with Crippen LogP contribution < -0.4 is 16.6 Å². The molecule has 1 aromatic heterocycles. The second-order valence-corrected chi connectivity index (χ2v) is 4.38. The van der Waals surface area contributed by atoms with Crippen LogP contribution in [0.25, 0.3) is 0 Å². The van der Waals surface area contributed by atoms with Crippen molar-refractivity contribution >= 4 is 11.6 Å². The van der Waals surface area contributed by atoms with Gasteiger partial charge in [0.2, 0.25) is 0 Å². The number of alkyl halides is 3. The zero-order valence-corrected chi connectivity index (χ0v) is 11.2. The van der Waals surface area contributed by atoms with E-state index in [9.17, 15) is 13.2 Å². The number of aromatic nitrogens is 2. The van der Waals surface area contributed by atoms with Crippen molar-refractivity contribution in [3.8, 4) is 0 Å². The van der Waals surface area contributed by atoms with E-state index in [-0.39, 0.29) is 0 Å². The Balaban J connectivity index is 2.05. The van der Waals surface area contributed by atoms with Gasteiger partial charge in [-0.05, 0) is 24.6 Å². The Morgan fingerprint density at radius 2 is 1.71 bits per heavy atom. The molecule has 0 unspecified atom stereocenters. The maximum atomic E-state index is 12.4. The quantitative estimate of drug-likeness (QED) is 0.597. The van der Waals surface area contributed by atoms with Gasteiger partial charge in [0.25, 0.3) is 0 Å². The maximum Gasteiger partial charge on any atom is 0.416 e. The minimum absolute atomic E-state index is 0.346. The van der Waals surface area contributed by atoms with Crippen LogP contribution in [0, 0.1) is 6.92 Å². The second kappa shape index (κ2) is 5.96. The number of nitrogens with zero attached hydrogens (tertiary/aromatic N) is 2. The molecule has 0 fully saturated rings. The summed E-state index contributed by atoms with van der Waals surface area (Å²) in [6.45, 7) is 2.06. The standard InChI is InChI=1S/C13H14F3N5/c1-8-19-11(6-12(20-8)21-17)18-7-9-2-4-10(5-3-9)13(14,15)16/h2-6H,7,17H2,1H3,(H2,18,19,20,21). The molecule has 0 atom stereocenters. The lowest BCUT2D eigenvalue weighted by molar-refractivity contribution is -0.137. The van der Waals surface area contributed by atoms with Gasteiger partial charge >= 0.3 is 6.18 Å². The monoisotopic (exact) mass is 297 g/mol. The number of hydrogen-bond donors (Lipinski definition) is 3. The zero-order valence-electron chi connectivity index (χ0n) is 11.2. The lowest BCUT2D eigenvalue weighted by Gasteiger charge is -2.10. The van der Waals surface area contributed by atoms with Crippen LogP contribution in [0.3, 0.4) is 0 Å². The van der Waals surface area contributed by atoms with Crippen LogP contribution in [-0.4, -0.2) is 9.97 Å². The van der Waals surface area contributed by atoms with E-state index in [1.807, 2.05) is 0 Å². The first-order valence-electron chi connectivity index (χ1n) is 6.11. The number of anilines is 2. The third-order valence-electron chi connectivity index (χ3n) is 2.74. The topological polar surface area (TPSA) is 75.9 Å². The van der Waals surface area contributed by atoms with Crippen molar-refractivity contribution in [2.24, 2.45) is 5.84 Å². The summed E-state index contributed by atoms with van der Waals surface area (Å²) in [6.07, 6.45) is -4.32. The molecule has 0 saturated heterocycles. The molecule has 8 heteroatoms. The van der Waals surface area contributed by atoms with Crippen molar-refractivity contribution in [3.05, 3.63) is 47.3 Å². The van der Waals surface area contributed by atoms with Gasteiger partial charge in [0.05, 0.1) is 5.56 Å². The number of hydrazine groups is 1. The molecule has 2 aromatic rings. The predicted octanol–water partition coefficient (Wildman–Crippen LogP) is 2.70. The molecular formula is C13H14F3N5. The summed E-state index contributed by atoms with van der Waals surface area (Å²) in [5, 5.41) is 3.01. The molecule has 5 nitrogen and oxygen atoms in total. The van der Waals surface area contributed by atoms with Crippen LogP contribution >= 0.6 is 0 Å². The highest BCUT2D eigenvalue weighted by molar-refractivity contribution is 5.47. The molecule has 0 spiro atoms. The van der Waals surface area contributed by atoms with E-state index in [4.69, 9.17) is 5.84 Å². The molecular weight excluding hydrogens is 283 g/mol. The Kier molecular flexibility index (Phi) is 4.27. The van der Waals surface area contributed by atoms with Crippen molar-refractivity contribution in [1.82, 2.24) is 9.97 Å². The highest BCUT2D eigenvalue weighted by Gasteiger charge is 2.29. The Hall–Kier alpha value is -2.35. The average Bonchev–Trinajstić information content (AvgIpc) is 2.44. The Morgan fingerprint density at radius 3 is 2.29 bits per heavy atom. The summed E-state index contributed by atoms with van der Waals surface area (Å²) in [4.78, 5) is 8.19. The summed E-state index contributed by atoms with van der Waals surface area (Å²) in [6, 6.07) is 6.55. The van der Waals surface area contributed by atoms with E-state index >= 15 is 0 Å². The Bertz CT molecular complexity index is 610. The van der Waals surface area contributed by atoms with Crippen molar-refractivity contribution in [3.63, 3.8) is 0 Å². The molecule has 112 valence electrons. The van der Waals surface area contributed by atoms with Gasteiger partial charge in [-0.1, -0.05) is 12.1 Å². The van der Waals surface area contributed by atoms with E-state index in [0.717, 1.165) is 12.1 Å². The molecule has 1 aromatic carbocycles. The SMILES string of the molecule is Cc1nc(NN)cc(NCc2ccc(C(F)(F)F)cc2)n1. The van der Waals surface area contributed by atoms with Gasteiger partial charge in [-0.2, -0.15) is 13.2 Å². The van der Waals surface area contributed by atoms with Gasteiger partial charge in [-0.15, -0.1) is 0 Å². The molecule has 4 N–H and O–H groups in total. The van der Waals surface area contributed by atoms with E-state index in [1.165, 1.54) is 12.1 Å². The number of nitrogens with two attached hydrogens (primary N) is 1. The number of halogens is 3. The van der Waals surface area contributed by atoms with Gasteiger partial charge in [-0.25, -0.2) is 15.8 Å². The first-order valence-corrected chi connectivity index (χ1v) is 6.11. The van der Waals surface area contributed by atoms with Crippen LogP contribution in [0.4, 0.5) is 24.8 Å². The Labute approximate surface area is 119 Å². The molecule has 0 amide bonds. The van der Waals surface area contributed by atoms with E-state index in [0.29, 0.717) is 29.6 Å². The third-order valence-corrected chi connectivity index (χ3v) is 2.74. The summed E-state index contributed by atoms with van der Waals surface area (Å²) in [5.74, 6) is 6.80. The van der Waals surface area contributed by atoms with Crippen molar-refractivity contribution < 1.29 is 13.2 Å². The number of nitrogen functional groups attached to an aromatic ring is 1. The van der Waals surface area contributed by atoms with Crippen LogP contribution in [0.5, 0.6) is 0 Å². The fourth-order valence-electron chi connectivity index (χ4n) is 1.74. The van der Waals surface area contributed by atoms with Crippen LogP contribution in [-0.2, 0) is 12.7 Å². The highest BCUT2D eigenvalue weighted by atomic mass is 19.4. The fourth-order valence-corrected chi connectivity index (χ4v) is 1.74. The lowest BCUT2D eigenvalue weighted by atomic mass is 10.1. The van der Waals surface area contributed by atoms with Gasteiger partial charge < -0.3 is 10.7 Å². The predicted molar refractivity (Wildman–Crippen MR) is 73.3 cm³/mol. The van der Waals surface area contributed by atoms with Crippen molar-refractivity contribution in [2.45, 2.75) is 19.6 Å². The molecule has 0 aliphatic heterocycles. The van der Waals surface area contributed by atoms with E-state index < -0.39 is 11.7 Å². The van der Waals surface area contributed by atoms with E-state index in [1.54, 1.807) is 13.0 Å². The molecule has 0 radical (unpaired) electrons. The van der Waals surface area contributed by atoms with Crippen LogP contribution in [0.15, 0.2) is 30.3 Å². The summed E-state index contributed by atoms with van der Waals surface area (Å²) >= 11 is 0. The first-order chi connectivity index (χ1) is 9.88. The summed E-state index contributed by atoms with van der Waals surface area (Å²) in [5.41, 5.74) is 2.46. The maximum absolute atomic E-state index is 12.4. The summed E-state index contributed by atoms with van der Waals surface area (Å²) < 4.78 is 37.3. The summed E-state index contributed by atoms with van der Waals surface area (Å²) in [7, 11) is 0. The van der Waals surface area contributed by atoms with Gasteiger partial charge in [0.1, 0.15) is 17.5 Å². The van der Waals surface area contributed by atoms with Gasteiger partial charge in [-0.3, -0.25) is 0 Å².